The molecule has 118 valence electrons. The summed E-state index contributed by atoms with van der Waals surface area (Å²) in [5.74, 6) is 0. The molecule has 1 atom stereocenters. The largest absolute Gasteiger partial charge is 0.331 e. The third-order valence-electron chi connectivity index (χ3n) is 3.89. The van der Waals surface area contributed by atoms with E-state index in [2.05, 4.69) is 34.9 Å². The highest BCUT2D eigenvalue weighted by atomic mass is 16.2. The molecule has 0 saturated heterocycles. The van der Waals surface area contributed by atoms with E-state index in [1.54, 1.807) is 24.3 Å². The Morgan fingerprint density at radius 1 is 1.00 bits per heavy atom. The molecule has 0 heterocycles. The normalized spacial score (nSPS) is 11.5. The Morgan fingerprint density at radius 2 is 1.71 bits per heavy atom. The van der Waals surface area contributed by atoms with Crippen LogP contribution in [0.1, 0.15) is 24.1 Å². The number of anilines is 1. The van der Waals surface area contributed by atoms with E-state index in [0.29, 0.717) is 11.3 Å². The van der Waals surface area contributed by atoms with Gasteiger partial charge in [-0.2, -0.15) is 5.26 Å². The third-order valence-corrected chi connectivity index (χ3v) is 3.89. The fourth-order valence-electron chi connectivity index (χ4n) is 2.55. The van der Waals surface area contributed by atoms with Gasteiger partial charge in [0.1, 0.15) is 0 Å². The second-order valence-electron chi connectivity index (χ2n) is 5.62. The quantitative estimate of drug-likeness (QED) is 0.742. The highest BCUT2D eigenvalue weighted by Crippen LogP contribution is 2.20. The summed E-state index contributed by atoms with van der Waals surface area (Å²) in [6.45, 7) is 1.95. The SMILES string of the molecule is CC(NC(=O)Nc1ccc(C#N)cc1)c1ccc2ccccc2c1. The first-order valence-corrected chi connectivity index (χ1v) is 7.72. The first-order valence-electron chi connectivity index (χ1n) is 7.72. The maximum absolute atomic E-state index is 12.1. The Morgan fingerprint density at radius 3 is 2.42 bits per heavy atom. The van der Waals surface area contributed by atoms with Crippen LogP contribution in [0.4, 0.5) is 10.5 Å². The highest BCUT2D eigenvalue weighted by Gasteiger charge is 2.10. The number of hydrogen-bond acceptors (Lipinski definition) is 2. The lowest BCUT2D eigenvalue weighted by Gasteiger charge is -2.16. The molecular weight excluding hydrogens is 298 g/mol. The molecule has 0 aliphatic rings. The van der Waals surface area contributed by atoms with Gasteiger partial charge in [-0.15, -0.1) is 0 Å². The van der Waals surface area contributed by atoms with E-state index in [-0.39, 0.29) is 12.1 Å². The fourth-order valence-corrected chi connectivity index (χ4v) is 2.55. The van der Waals surface area contributed by atoms with Gasteiger partial charge < -0.3 is 10.6 Å². The van der Waals surface area contributed by atoms with Gasteiger partial charge in [0.2, 0.25) is 0 Å². The van der Waals surface area contributed by atoms with Gasteiger partial charge in [-0.05, 0) is 53.6 Å². The van der Waals surface area contributed by atoms with E-state index in [4.69, 9.17) is 5.26 Å². The van der Waals surface area contributed by atoms with Crippen LogP contribution in [0, 0.1) is 11.3 Å². The molecule has 2 N–H and O–H groups in total. The molecule has 2 amide bonds. The van der Waals surface area contributed by atoms with E-state index in [1.165, 1.54) is 5.39 Å². The Hall–Kier alpha value is -3.32. The van der Waals surface area contributed by atoms with Crippen molar-refractivity contribution in [2.75, 3.05) is 5.32 Å². The van der Waals surface area contributed by atoms with Crippen LogP contribution < -0.4 is 10.6 Å². The monoisotopic (exact) mass is 315 g/mol. The van der Waals surface area contributed by atoms with E-state index < -0.39 is 0 Å². The molecule has 0 saturated carbocycles. The minimum atomic E-state index is -0.277. The van der Waals surface area contributed by atoms with Crippen LogP contribution in [0.15, 0.2) is 66.7 Å². The Labute approximate surface area is 140 Å². The van der Waals surface area contributed by atoms with Crippen LogP contribution in [-0.4, -0.2) is 6.03 Å². The number of rotatable bonds is 3. The van der Waals surface area contributed by atoms with Gasteiger partial charge in [0.05, 0.1) is 17.7 Å². The second-order valence-corrected chi connectivity index (χ2v) is 5.62. The standard InChI is InChI=1S/C20H17N3O/c1-14(17-9-8-16-4-2-3-5-18(16)12-17)22-20(24)23-19-10-6-15(13-21)7-11-19/h2-12,14H,1H3,(H2,22,23,24). The molecule has 0 aromatic heterocycles. The molecule has 0 aliphatic carbocycles. The zero-order chi connectivity index (χ0) is 16.9. The average Bonchev–Trinajstić information content (AvgIpc) is 2.61. The molecule has 3 aromatic rings. The lowest BCUT2D eigenvalue weighted by Crippen LogP contribution is -2.31. The van der Waals surface area contributed by atoms with Crippen LogP contribution in [-0.2, 0) is 0 Å². The smallest absolute Gasteiger partial charge is 0.319 e. The summed E-state index contributed by atoms with van der Waals surface area (Å²) in [6.07, 6.45) is 0. The Kier molecular flexibility index (Phi) is 4.44. The van der Waals surface area contributed by atoms with Crippen molar-refractivity contribution in [2.45, 2.75) is 13.0 Å². The number of nitrogens with one attached hydrogen (secondary N) is 2. The van der Waals surface area contributed by atoms with Crippen molar-refractivity contribution in [3.63, 3.8) is 0 Å². The van der Waals surface area contributed by atoms with Gasteiger partial charge >= 0.3 is 6.03 Å². The molecule has 0 fully saturated rings. The summed E-state index contributed by atoms with van der Waals surface area (Å²) in [5.41, 5.74) is 2.26. The first-order chi connectivity index (χ1) is 11.7. The fraction of sp³-hybridized carbons (Fsp3) is 0.100. The molecule has 0 aliphatic heterocycles. The Balaban J connectivity index is 1.67. The zero-order valence-electron chi connectivity index (χ0n) is 13.3. The first kappa shape index (κ1) is 15.6. The molecule has 0 bridgehead atoms. The van der Waals surface area contributed by atoms with Crippen molar-refractivity contribution in [3.05, 3.63) is 77.9 Å². The number of carbonyl (C=O) groups excluding carboxylic acids is 1. The summed E-state index contributed by atoms with van der Waals surface area (Å²) in [6, 6.07) is 22.7. The molecular formula is C20H17N3O. The van der Waals surface area contributed by atoms with Crippen molar-refractivity contribution >= 4 is 22.5 Å². The van der Waals surface area contributed by atoms with E-state index in [0.717, 1.165) is 10.9 Å². The van der Waals surface area contributed by atoms with Gasteiger partial charge in [0.15, 0.2) is 0 Å². The predicted octanol–water partition coefficient (Wildman–Crippen LogP) is 4.59. The minimum absolute atomic E-state index is 0.118. The maximum Gasteiger partial charge on any atom is 0.319 e. The van der Waals surface area contributed by atoms with Crippen molar-refractivity contribution < 1.29 is 4.79 Å². The van der Waals surface area contributed by atoms with E-state index in [1.807, 2.05) is 31.2 Å². The Bertz CT molecular complexity index is 910. The molecule has 4 nitrogen and oxygen atoms in total. The number of fused-ring (bicyclic) bond motifs is 1. The number of nitriles is 1. The second kappa shape index (κ2) is 6.84. The summed E-state index contributed by atoms with van der Waals surface area (Å²) in [4.78, 5) is 12.1. The van der Waals surface area contributed by atoms with Gasteiger partial charge in [-0.3, -0.25) is 0 Å². The minimum Gasteiger partial charge on any atom is -0.331 e. The van der Waals surface area contributed by atoms with Crippen LogP contribution in [0.25, 0.3) is 10.8 Å². The number of hydrogen-bond donors (Lipinski definition) is 2. The van der Waals surface area contributed by atoms with Crippen molar-refractivity contribution in [1.82, 2.24) is 5.32 Å². The average molecular weight is 315 g/mol. The molecule has 0 radical (unpaired) electrons. The van der Waals surface area contributed by atoms with Crippen molar-refractivity contribution in [1.29, 1.82) is 5.26 Å². The van der Waals surface area contributed by atoms with Gasteiger partial charge in [0, 0.05) is 5.69 Å². The maximum atomic E-state index is 12.1. The van der Waals surface area contributed by atoms with Crippen LogP contribution in [0.3, 0.4) is 0 Å². The van der Waals surface area contributed by atoms with Gasteiger partial charge in [-0.25, -0.2) is 4.79 Å². The summed E-state index contributed by atoms with van der Waals surface area (Å²) in [7, 11) is 0. The number of urea groups is 1. The topological polar surface area (TPSA) is 64.9 Å². The lowest BCUT2D eigenvalue weighted by molar-refractivity contribution is 0.249. The molecule has 1 unspecified atom stereocenters. The number of amides is 2. The molecule has 0 spiro atoms. The molecule has 3 aromatic carbocycles. The molecule has 24 heavy (non-hydrogen) atoms. The van der Waals surface area contributed by atoms with E-state index >= 15 is 0 Å². The van der Waals surface area contributed by atoms with Crippen LogP contribution in [0.5, 0.6) is 0 Å². The summed E-state index contributed by atoms with van der Waals surface area (Å²) < 4.78 is 0. The van der Waals surface area contributed by atoms with Crippen LogP contribution >= 0.6 is 0 Å². The number of benzene rings is 3. The van der Waals surface area contributed by atoms with Gasteiger partial charge in [0.25, 0.3) is 0 Å². The van der Waals surface area contributed by atoms with Gasteiger partial charge in [-0.1, -0.05) is 36.4 Å². The number of carbonyl (C=O) groups is 1. The van der Waals surface area contributed by atoms with E-state index in [9.17, 15) is 4.79 Å². The zero-order valence-corrected chi connectivity index (χ0v) is 13.3. The van der Waals surface area contributed by atoms with Crippen LogP contribution in [0.2, 0.25) is 0 Å². The highest BCUT2D eigenvalue weighted by molar-refractivity contribution is 5.89. The van der Waals surface area contributed by atoms with Crippen molar-refractivity contribution in [3.8, 4) is 6.07 Å². The predicted molar refractivity (Wildman–Crippen MR) is 95.7 cm³/mol. The molecule has 4 heteroatoms. The lowest BCUT2D eigenvalue weighted by atomic mass is 10.0. The van der Waals surface area contributed by atoms with Crippen molar-refractivity contribution in [2.24, 2.45) is 0 Å². The number of nitrogens with zero attached hydrogens (tertiary/aromatic N) is 1. The summed E-state index contributed by atoms with van der Waals surface area (Å²) >= 11 is 0. The summed E-state index contributed by atoms with van der Waals surface area (Å²) in [5, 5.41) is 16.8. The molecule has 3 rings (SSSR count). The third kappa shape index (κ3) is 3.53.